The molecule has 4 heteroatoms. The highest BCUT2D eigenvalue weighted by molar-refractivity contribution is 7.98. The Kier molecular flexibility index (Phi) is 4.19. The topological polar surface area (TPSA) is 25.8 Å². The normalized spacial score (nSPS) is 11.5. The second-order valence-electron chi connectivity index (χ2n) is 5.27. The molecule has 2 aromatic rings. The van der Waals surface area contributed by atoms with Crippen LogP contribution in [-0.2, 0) is 5.75 Å². The molecule has 0 aliphatic rings. The van der Waals surface area contributed by atoms with Crippen LogP contribution in [0.15, 0.2) is 47.9 Å². The van der Waals surface area contributed by atoms with Gasteiger partial charge in [-0.25, -0.2) is 9.97 Å². The molecule has 0 aliphatic heterocycles. The molecule has 0 radical (unpaired) electrons. The number of hydrogen-bond acceptors (Lipinski definition) is 3. The molecule has 2 rings (SSSR count). The van der Waals surface area contributed by atoms with Crippen molar-refractivity contribution in [2.75, 3.05) is 0 Å². The van der Waals surface area contributed by atoms with Crippen LogP contribution in [0.5, 0.6) is 0 Å². The molecule has 1 aromatic heterocycles. The van der Waals surface area contributed by atoms with Crippen molar-refractivity contribution in [3.63, 3.8) is 0 Å². The predicted molar refractivity (Wildman–Crippen MR) is 81.0 cm³/mol. The number of benzene rings is 1. The van der Waals surface area contributed by atoms with Crippen LogP contribution in [0.4, 0.5) is 0 Å². The third kappa shape index (κ3) is 3.68. The number of aromatic nitrogens is 2. The summed E-state index contributed by atoms with van der Waals surface area (Å²) in [6.07, 6.45) is 3.56. The maximum Gasteiger partial charge on any atom is 0.187 e. The van der Waals surface area contributed by atoms with Crippen LogP contribution >= 0.6 is 11.8 Å². The van der Waals surface area contributed by atoms with Gasteiger partial charge in [0.2, 0.25) is 0 Å². The van der Waals surface area contributed by atoms with E-state index in [1.807, 2.05) is 6.07 Å². The molecule has 0 amide bonds. The van der Waals surface area contributed by atoms with Crippen LogP contribution in [0, 0.1) is 0 Å². The summed E-state index contributed by atoms with van der Waals surface area (Å²) in [5.74, 6) is 0.927. The van der Waals surface area contributed by atoms with E-state index in [2.05, 4.69) is 53.9 Å². The van der Waals surface area contributed by atoms with Crippen molar-refractivity contribution in [3.8, 4) is 0 Å². The van der Waals surface area contributed by atoms with Gasteiger partial charge in [0.15, 0.2) is 5.16 Å². The van der Waals surface area contributed by atoms with Crippen LogP contribution in [0.25, 0.3) is 0 Å². The van der Waals surface area contributed by atoms with E-state index in [0.29, 0.717) is 0 Å². The van der Waals surface area contributed by atoms with Gasteiger partial charge in [-0.2, -0.15) is 0 Å². The molecular formula is C14H18N2SSi. The second-order valence-corrected chi connectivity index (χ2v) is 11.3. The molecule has 0 spiro atoms. The summed E-state index contributed by atoms with van der Waals surface area (Å²) in [6, 6.07) is 10.8. The monoisotopic (exact) mass is 274 g/mol. The Labute approximate surface area is 114 Å². The van der Waals surface area contributed by atoms with E-state index < -0.39 is 8.07 Å². The summed E-state index contributed by atoms with van der Waals surface area (Å²) in [6.45, 7) is 7.11. The number of nitrogens with zero attached hydrogens (tertiary/aromatic N) is 2. The molecule has 94 valence electrons. The molecule has 18 heavy (non-hydrogen) atoms. The van der Waals surface area contributed by atoms with E-state index in [1.165, 1.54) is 10.8 Å². The zero-order valence-corrected chi connectivity index (χ0v) is 12.9. The highest BCUT2D eigenvalue weighted by atomic mass is 32.2. The van der Waals surface area contributed by atoms with Gasteiger partial charge in [0.05, 0.1) is 8.07 Å². The second kappa shape index (κ2) is 5.67. The van der Waals surface area contributed by atoms with Crippen molar-refractivity contribution >= 4 is 25.0 Å². The summed E-state index contributed by atoms with van der Waals surface area (Å²) in [5, 5.41) is 2.35. The largest absolute Gasteiger partial charge is 0.231 e. The molecule has 1 heterocycles. The highest BCUT2D eigenvalue weighted by Gasteiger charge is 2.15. The van der Waals surface area contributed by atoms with Crippen molar-refractivity contribution in [2.45, 2.75) is 30.6 Å². The van der Waals surface area contributed by atoms with Crippen LogP contribution in [-0.4, -0.2) is 18.0 Å². The molecule has 0 N–H and O–H groups in total. The summed E-state index contributed by atoms with van der Waals surface area (Å²) in [5.41, 5.74) is 1.33. The molecule has 0 bridgehead atoms. The smallest absolute Gasteiger partial charge is 0.187 e. The molecule has 0 aliphatic carbocycles. The first kappa shape index (κ1) is 13.3. The van der Waals surface area contributed by atoms with E-state index in [-0.39, 0.29) is 0 Å². The Morgan fingerprint density at radius 2 is 1.61 bits per heavy atom. The molecule has 0 atom stereocenters. The van der Waals surface area contributed by atoms with E-state index in [4.69, 9.17) is 0 Å². The summed E-state index contributed by atoms with van der Waals surface area (Å²) < 4.78 is 0. The van der Waals surface area contributed by atoms with Gasteiger partial charge < -0.3 is 0 Å². The standard InChI is InChI=1S/C14H18N2SSi/c1-18(2,3)13-7-5-12(6-8-13)11-17-14-15-9-4-10-16-14/h4-10H,11H2,1-3H3. The fourth-order valence-electron chi connectivity index (χ4n) is 1.61. The lowest BCUT2D eigenvalue weighted by Gasteiger charge is -2.16. The zero-order valence-electron chi connectivity index (χ0n) is 11.1. The minimum atomic E-state index is -1.17. The lowest BCUT2D eigenvalue weighted by Crippen LogP contribution is -2.37. The minimum absolute atomic E-state index is 0.840. The summed E-state index contributed by atoms with van der Waals surface area (Å²) in [4.78, 5) is 8.42. The predicted octanol–water partition coefficient (Wildman–Crippen LogP) is 3.31. The number of rotatable bonds is 4. The summed E-state index contributed by atoms with van der Waals surface area (Å²) in [7, 11) is -1.17. The maximum absolute atomic E-state index is 4.21. The lowest BCUT2D eigenvalue weighted by atomic mass is 10.2. The van der Waals surface area contributed by atoms with Gasteiger partial charge in [-0.05, 0) is 11.6 Å². The molecule has 0 saturated carbocycles. The van der Waals surface area contributed by atoms with Crippen LogP contribution in [0.2, 0.25) is 19.6 Å². The van der Waals surface area contributed by atoms with Gasteiger partial charge in [0.1, 0.15) is 0 Å². The first-order chi connectivity index (χ1) is 8.55. The van der Waals surface area contributed by atoms with E-state index in [9.17, 15) is 0 Å². The molecule has 0 unspecified atom stereocenters. The van der Waals surface area contributed by atoms with Crippen molar-refractivity contribution in [1.82, 2.24) is 9.97 Å². The third-order valence-electron chi connectivity index (χ3n) is 2.73. The third-order valence-corrected chi connectivity index (χ3v) is 5.74. The van der Waals surface area contributed by atoms with Gasteiger partial charge in [-0.15, -0.1) is 0 Å². The minimum Gasteiger partial charge on any atom is -0.231 e. The Balaban J connectivity index is 1.99. The summed E-state index contributed by atoms with van der Waals surface area (Å²) >= 11 is 1.68. The Bertz CT molecular complexity index is 491. The number of thioether (sulfide) groups is 1. The van der Waals surface area contributed by atoms with Crippen molar-refractivity contribution < 1.29 is 0 Å². The molecule has 2 nitrogen and oxygen atoms in total. The number of hydrogen-bond donors (Lipinski definition) is 0. The molecule has 1 aromatic carbocycles. The highest BCUT2D eigenvalue weighted by Crippen LogP contribution is 2.18. The van der Waals surface area contributed by atoms with Gasteiger partial charge >= 0.3 is 0 Å². The van der Waals surface area contributed by atoms with Gasteiger partial charge in [-0.3, -0.25) is 0 Å². The van der Waals surface area contributed by atoms with E-state index >= 15 is 0 Å². The average Bonchev–Trinajstić information content (AvgIpc) is 2.37. The fraction of sp³-hybridized carbons (Fsp3) is 0.286. The van der Waals surface area contributed by atoms with Crippen molar-refractivity contribution in [2.24, 2.45) is 0 Å². The van der Waals surface area contributed by atoms with E-state index in [1.54, 1.807) is 24.2 Å². The van der Waals surface area contributed by atoms with Crippen molar-refractivity contribution in [3.05, 3.63) is 48.3 Å². The van der Waals surface area contributed by atoms with Crippen molar-refractivity contribution in [1.29, 1.82) is 0 Å². The molecular weight excluding hydrogens is 256 g/mol. The fourth-order valence-corrected chi connectivity index (χ4v) is 3.53. The van der Waals surface area contributed by atoms with Gasteiger partial charge in [0.25, 0.3) is 0 Å². The lowest BCUT2D eigenvalue weighted by molar-refractivity contribution is 0.966. The first-order valence-corrected chi connectivity index (χ1v) is 10.5. The van der Waals surface area contributed by atoms with E-state index in [0.717, 1.165) is 10.9 Å². The Morgan fingerprint density at radius 1 is 1.00 bits per heavy atom. The Morgan fingerprint density at radius 3 is 2.17 bits per heavy atom. The van der Waals surface area contributed by atoms with Crippen LogP contribution in [0.1, 0.15) is 5.56 Å². The van der Waals surface area contributed by atoms with Crippen LogP contribution in [0.3, 0.4) is 0 Å². The van der Waals surface area contributed by atoms with Crippen LogP contribution < -0.4 is 5.19 Å². The van der Waals surface area contributed by atoms with Gasteiger partial charge in [-0.1, -0.05) is 60.9 Å². The zero-order chi connectivity index (χ0) is 13.0. The maximum atomic E-state index is 4.21. The Hall–Kier alpha value is -1.13. The molecule has 0 fully saturated rings. The molecule has 0 saturated heterocycles. The average molecular weight is 274 g/mol. The first-order valence-electron chi connectivity index (χ1n) is 6.05. The quantitative estimate of drug-likeness (QED) is 0.486. The SMILES string of the molecule is C[Si](C)(C)c1ccc(CSc2ncccn2)cc1. The van der Waals surface area contributed by atoms with Gasteiger partial charge in [0, 0.05) is 18.1 Å².